The second-order valence-electron chi connectivity index (χ2n) is 7.80. The highest BCUT2D eigenvalue weighted by atomic mass is 32.2. The van der Waals surface area contributed by atoms with Gasteiger partial charge in [0, 0.05) is 37.3 Å². The highest BCUT2D eigenvalue weighted by Gasteiger charge is 2.26. The van der Waals surface area contributed by atoms with Gasteiger partial charge in [-0.1, -0.05) is 12.1 Å². The summed E-state index contributed by atoms with van der Waals surface area (Å²) in [5.41, 5.74) is 3.07. The number of hydrogen-bond acceptors (Lipinski definition) is 6. The molecule has 0 atom stereocenters. The molecule has 2 heterocycles. The number of rotatable bonds is 5. The summed E-state index contributed by atoms with van der Waals surface area (Å²) in [6.45, 7) is 4.62. The van der Waals surface area contributed by atoms with E-state index in [-0.39, 0.29) is 10.8 Å². The molecule has 1 amide bonds. The average molecular weight is 471 g/mol. The van der Waals surface area contributed by atoms with E-state index >= 15 is 0 Å². The minimum absolute atomic E-state index is 0.0735. The summed E-state index contributed by atoms with van der Waals surface area (Å²) < 4.78 is 25.1. The number of sulfone groups is 1. The van der Waals surface area contributed by atoms with Crippen molar-refractivity contribution in [3.8, 4) is 5.69 Å². The zero-order valence-corrected chi connectivity index (χ0v) is 20.0. The first kappa shape index (κ1) is 22.4. The van der Waals surface area contributed by atoms with Crippen LogP contribution in [0.3, 0.4) is 0 Å². The fourth-order valence-corrected chi connectivity index (χ4v) is 5.14. The van der Waals surface area contributed by atoms with E-state index in [1.807, 2.05) is 24.0 Å². The Morgan fingerprint density at radius 3 is 2.28 bits per heavy atom. The molecule has 0 saturated carbocycles. The van der Waals surface area contributed by atoms with Gasteiger partial charge >= 0.3 is 0 Å². The molecule has 0 bridgehead atoms. The Balaban J connectivity index is 1.53. The second kappa shape index (κ2) is 8.99. The van der Waals surface area contributed by atoms with Crippen molar-refractivity contribution >= 4 is 33.2 Å². The molecule has 0 N–H and O–H groups in total. The van der Waals surface area contributed by atoms with E-state index in [0.29, 0.717) is 24.5 Å². The SMILES string of the molecule is CSc1ccccc1N1CCN(C(=O)c2cc(C)nn2-c2ccc(S(C)(=O)=O)cc2)CC1. The quantitative estimate of drug-likeness (QED) is 0.533. The van der Waals surface area contributed by atoms with Gasteiger partial charge in [-0.2, -0.15) is 5.10 Å². The van der Waals surface area contributed by atoms with Gasteiger partial charge in [-0.05, 0) is 55.6 Å². The minimum atomic E-state index is -3.28. The molecule has 0 spiro atoms. The van der Waals surface area contributed by atoms with Crippen LogP contribution in [0, 0.1) is 6.92 Å². The molecule has 1 saturated heterocycles. The Morgan fingerprint density at radius 2 is 1.66 bits per heavy atom. The van der Waals surface area contributed by atoms with Gasteiger partial charge in [0.15, 0.2) is 9.84 Å². The Hall–Kier alpha value is -2.78. The third kappa shape index (κ3) is 4.54. The standard InChI is InChI=1S/C23H26N4O3S2/c1-17-16-21(27(24-17)18-8-10-19(11-9-18)32(3,29)30)23(28)26-14-12-25(13-15-26)20-6-4-5-7-22(20)31-2/h4-11,16H,12-15H2,1-3H3. The van der Waals surface area contributed by atoms with E-state index in [2.05, 4.69) is 28.4 Å². The molecule has 32 heavy (non-hydrogen) atoms. The maximum atomic E-state index is 13.3. The largest absolute Gasteiger partial charge is 0.367 e. The van der Waals surface area contributed by atoms with Crippen LogP contribution in [0.15, 0.2) is 64.4 Å². The summed E-state index contributed by atoms with van der Waals surface area (Å²) in [6.07, 6.45) is 3.25. The van der Waals surface area contributed by atoms with Crippen molar-refractivity contribution in [3.63, 3.8) is 0 Å². The second-order valence-corrected chi connectivity index (χ2v) is 10.7. The maximum absolute atomic E-state index is 13.3. The Kier molecular flexibility index (Phi) is 6.30. The summed E-state index contributed by atoms with van der Waals surface area (Å²) in [7, 11) is -3.28. The Labute approximate surface area is 192 Å². The fourth-order valence-electron chi connectivity index (χ4n) is 3.89. The molecule has 9 heteroatoms. The van der Waals surface area contributed by atoms with E-state index in [1.54, 1.807) is 34.6 Å². The van der Waals surface area contributed by atoms with Crippen LogP contribution in [0.4, 0.5) is 5.69 Å². The molecule has 3 aromatic rings. The summed E-state index contributed by atoms with van der Waals surface area (Å²) in [5, 5.41) is 4.48. The van der Waals surface area contributed by atoms with E-state index in [0.717, 1.165) is 18.8 Å². The fraction of sp³-hybridized carbons (Fsp3) is 0.304. The molecule has 1 aromatic heterocycles. The lowest BCUT2D eigenvalue weighted by Crippen LogP contribution is -2.49. The van der Waals surface area contributed by atoms with Gasteiger partial charge in [-0.3, -0.25) is 4.79 Å². The van der Waals surface area contributed by atoms with Gasteiger partial charge in [0.2, 0.25) is 0 Å². The Bertz CT molecular complexity index is 1230. The lowest BCUT2D eigenvalue weighted by Gasteiger charge is -2.36. The van der Waals surface area contributed by atoms with E-state index in [4.69, 9.17) is 0 Å². The number of nitrogens with zero attached hydrogens (tertiary/aromatic N) is 4. The lowest BCUT2D eigenvalue weighted by atomic mass is 10.2. The van der Waals surface area contributed by atoms with Gasteiger partial charge in [0.05, 0.1) is 22.0 Å². The number of carbonyl (C=O) groups excluding carboxylic acids is 1. The predicted molar refractivity (Wildman–Crippen MR) is 128 cm³/mol. The van der Waals surface area contributed by atoms with Crippen molar-refractivity contribution in [2.24, 2.45) is 0 Å². The molecule has 1 fully saturated rings. The smallest absolute Gasteiger partial charge is 0.272 e. The zero-order valence-electron chi connectivity index (χ0n) is 18.4. The van der Waals surface area contributed by atoms with Crippen molar-refractivity contribution in [1.82, 2.24) is 14.7 Å². The van der Waals surface area contributed by atoms with Crippen LogP contribution < -0.4 is 4.90 Å². The normalized spacial score (nSPS) is 14.6. The molecular formula is C23H26N4O3S2. The van der Waals surface area contributed by atoms with Crippen LogP contribution in [0.25, 0.3) is 5.69 Å². The summed E-state index contributed by atoms with van der Waals surface area (Å²) in [4.78, 5) is 19.0. The first-order valence-corrected chi connectivity index (χ1v) is 13.4. The van der Waals surface area contributed by atoms with Gasteiger partial charge in [-0.15, -0.1) is 11.8 Å². The lowest BCUT2D eigenvalue weighted by molar-refractivity contribution is 0.0737. The zero-order chi connectivity index (χ0) is 22.9. The van der Waals surface area contributed by atoms with Gasteiger partial charge in [-0.25, -0.2) is 13.1 Å². The first-order chi connectivity index (χ1) is 15.3. The number of piperazine rings is 1. The van der Waals surface area contributed by atoms with Crippen molar-refractivity contribution in [3.05, 3.63) is 66.0 Å². The molecule has 7 nitrogen and oxygen atoms in total. The Morgan fingerprint density at radius 1 is 1.00 bits per heavy atom. The third-order valence-corrected chi connectivity index (χ3v) is 7.47. The van der Waals surface area contributed by atoms with E-state index in [9.17, 15) is 13.2 Å². The summed E-state index contributed by atoms with van der Waals surface area (Å²) in [6, 6.07) is 16.5. The average Bonchev–Trinajstić information content (AvgIpc) is 3.20. The topological polar surface area (TPSA) is 75.5 Å². The number of benzene rings is 2. The van der Waals surface area contributed by atoms with E-state index < -0.39 is 9.84 Å². The van der Waals surface area contributed by atoms with Crippen molar-refractivity contribution < 1.29 is 13.2 Å². The van der Waals surface area contributed by atoms with Crippen LogP contribution in [0.1, 0.15) is 16.2 Å². The van der Waals surface area contributed by atoms with Crippen molar-refractivity contribution in [2.45, 2.75) is 16.7 Å². The molecule has 0 unspecified atom stereocenters. The predicted octanol–water partition coefficient (Wildman–Crippen LogP) is 3.27. The van der Waals surface area contributed by atoms with Gasteiger partial charge in [0.1, 0.15) is 5.69 Å². The summed E-state index contributed by atoms with van der Waals surface area (Å²) >= 11 is 1.73. The number of amides is 1. The molecular weight excluding hydrogens is 444 g/mol. The molecule has 1 aliphatic rings. The number of para-hydroxylation sites is 1. The molecule has 0 aliphatic carbocycles. The first-order valence-electron chi connectivity index (χ1n) is 10.3. The van der Waals surface area contributed by atoms with Crippen LogP contribution in [0.5, 0.6) is 0 Å². The van der Waals surface area contributed by atoms with Crippen molar-refractivity contribution in [2.75, 3.05) is 43.6 Å². The van der Waals surface area contributed by atoms with Crippen LogP contribution in [-0.4, -0.2) is 67.7 Å². The highest BCUT2D eigenvalue weighted by Crippen LogP contribution is 2.29. The van der Waals surface area contributed by atoms with Gasteiger partial charge < -0.3 is 9.80 Å². The van der Waals surface area contributed by atoms with Crippen LogP contribution >= 0.6 is 11.8 Å². The number of anilines is 1. The highest BCUT2D eigenvalue weighted by molar-refractivity contribution is 7.98. The number of thioether (sulfide) groups is 1. The molecule has 2 aromatic carbocycles. The number of hydrogen-bond donors (Lipinski definition) is 0. The third-order valence-electron chi connectivity index (χ3n) is 5.55. The van der Waals surface area contributed by atoms with Gasteiger partial charge in [0.25, 0.3) is 5.91 Å². The molecule has 1 aliphatic heterocycles. The monoisotopic (exact) mass is 470 g/mol. The number of aryl methyl sites for hydroxylation is 1. The maximum Gasteiger partial charge on any atom is 0.272 e. The molecule has 0 radical (unpaired) electrons. The molecule has 4 rings (SSSR count). The molecule has 168 valence electrons. The minimum Gasteiger partial charge on any atom is -0.367 e. The van der Waals surface area contributed by atoms with E-state index in [1.165, 1.54) is 29.0 Å². The van der Waals surface area contributed by atoms with Crippen LogP contribution in [-0.2, 0) is 9.84 Å². The van der Waals surface area contributed by atoms with Crippen molar-refractivity contribution in [1.29, 1.82) is 0 Å². The number of carbonyl (C=O) groups is 1. The summed E-state index contributed by atoms with van der Waals surface area (Å²) in [5.74, 6) is -0.0735. The number of aromatic nitrogens is 2. The van der Waals surface area contributed by atoms with Crippen LogP contribution in [0.2, 0.25) is 0 Å².